The molecule has 1 saturated carbocycles. The zero-order valence-corrected chi connectivity index (χ0v) is 16.3. The summed E-state index contributed by atoms with van der Waals surface area (Å²) in [6, 6.07) is 0. The number of aliphatic carboxylic acids is 1. The van der Waals surface area contributed by atoms with Crippen LogP contribution in [0.5, 0.6) is 0 Å². The summed E-state index contributed by atoms with van der Waals surface area (Å²) in [6.45, 7) is 3.93. The quantitative estimate of drug-likeness (QED) is 0.356. The average Bonchev–Trinajstić information content (AvgIpc) is 2.93. The molecule has 0 heterocycles. The van der Waals surface area contributed by atoms with Crippen LogP contribution in [0.2, 0.25) is 0 Å². The maximum atomic E-state index is 12.5. The Morgan fingerprint density at radius 2 is 2.00 bits per heavy atom. The summed E-state index contributed by atoms with van der Waals surface area (Å²) in [7, 11) is 0. The van der Waals surface area contributed by atoms with Gasteiger partial charge in [0.25, 0.3) is 0 Å². The molecule has 0 aromatic carbocycles. The number of nitrogens with two attached hydrogens (primary N) is 1. The number of carbonyl (C=O) groups excluding carboxylic acids is 2. The van der Waals surface area contributed by atoms with Crippen LogP contribution in [0.3, 0.4) is 0 Å². The van der Waals surface area contributed by atoms with Crippen molar-refractivity contribution in [1.82, 2.24) is 0 Å². The second-order valence-corrected chi connectivity index (χ2v) is 7.32. The van der Waals surface area contributed by atoms with Gasteiger partial charge in [-0.2, -0.15) is 0 Å². The van der Waals surface area contributed by atoms with Gasteiger partial charge in [-0.05, 0) is 32.1 Å². The summed E-state index contributed by atoms with van der Waals surface area (Å²) >= 11 is 0. The predicted molar refractivity (Wildman–Crippen MR) is 104 cm³/mol. The van der Waals surface area contributed by atoms with Crippen LogP contribution in [0.4, 0.5) is 0 Å². The fourth-order valence-corrected chi connectivity index (χ4v) is 3.85. The molecule has 0 aromatic heterocycles. The second kappa shape index (κ2) is 11.7. The van der Waals surface area contributed by atoms with Crippen LogP contribution in [-0.4, -0.2) is 34.0 Å². The Labute approximate surface area is 161 Å². The molecule has 1 fully saturated rings. The minimum absolute atomic E-state index is 0.0334. The molecule has 4 N–H and O–H groups in total. The van der Waals surface area contributed by atoms with Crippen molar-refractivity contribution in [1.29, 1.82) is 0 Å². The monoisotopic (exact) mass is 379 g/mol. The van der Waals surface area contributed by atoms with Crippen molar-refractivity contribution >= 4 is 17.7 Å². The molecular formula is C21H33NO5. The Balaban J connectivity index is 3.01. The number of amides is 1. The van der Waals surface area contributed by atoms with Crippen LogP contribution in [0.1, 0.15) is 58.8 Å². The number of unbranched alkanes of at least 4 members (excludes halogenated alkanes) is 2. The van der Waals surface area contributed by atoms with E-state index in [-0.39, 0.29) is 12.2 Å². The van der Waals surface area contributed by atoms with E-state index < -0.39 is 41.7 Å². The van der Waals surface area contributed by atoms with E-state index in [1.165, 1.54) is 0 Å². The highest BCUT2D eigenvalue weighted by Gasteiger charge is 2.49. The van der Waals surface area contributed by atoms with Crippen molar-refractivity contribution in [3.05, 3.63) is 24.3 Å². The van der Waals surface area contributed by atoms with E-state index >= 15 is 0 Å². The maximum absolute atomic E-state index is 12.5. The van der Waals surface area contributed by atoms with Gasteiger partial charge in [0.2, 0.25) is 5.91 Å². The van der Waals surface area contributed by atoms with Gasteiger partial charge < -0.3 is 15.9 Å². The molecular weight excluding hydrogens is 346 g/mol. The Bertz CT molecular complexity index is 569. The van der Waals surface area contributed by atoms with Gasteiger partial charge in [0.15, 0.2) is 0 Å². The summed E-state index contributed by atoms with van der Waals surface area (Å²) in [5, 5.41) is 19.8. The number of carboxylic acids is 1. The highest BCUT2D eigenvalue weighted by Crippen LogP contribution is 2.41. The minimum atomic E-state index is -1.04. The lowest BCUT2D eigenvalue weighted by atomic mass is 9.78. The molecule has 0 aliphatic heterocycles. The van der Waals surface area contributed by atoms with Crippen molar-refractivity contribution in [2.24, 2.45) is 29.4 Å². The lowest BCUT2D eigenvalue weighted by Crippen LogP contribution is -2.33. The number of aliphatic hydroxyl groups excluding tert-OH is 1. The number of hydrogen-bond donors (Lipinski definition) is 3. The topological polar surface area (TPSA) is 118 Å². The molecule has 1 aliphatic rings. The van der Waals surface area contributed by atoms with Gasteiger partial charge in [-0.1, -0.05) is 50.5 Å². The summed E-state index contributed by atoms with van der Waals surface area (Å²) in [5.74, 6) is -4.83. The van der Waals surface area contributed by atoms with Crippen LogP contribution >= 0.6 is 0 Å². The fourth-order valence-electron chi connectivity index (χ4n) is 3.85. The number of Topliss-reactive ketones (excluding diaryl/α,β-unsaturated/α-hetero) is 1. The molecule has 0 saturated heterocycles. The molecule has 0 spiro atoms. The van der Waals surface area contributed by atoms with Gasteiger partial charge in [0.1, 0.15) is 5.78 Å². The van der Waals surface area contributed by atoms with Gasteiger partial charge in [-0.3, -0.25) is 14.4 Å². The van der Waals surface area contributed by atoms with Crippen molar-refractivity contribution in [2.75, 3.05) is 0 Å². The first-order chi connectivity index (χ1) is 12.8. The van der Waals surface area contributed by atoms with Crippen molar-refractivity contribution < 1.29 is 24.6 Å². The minimum Gasteiger partial charge on any atom is -0.481 e. The van der Waals surface area contributed by atoms with Gasteiger partial charge >= 0.3 is 5.97 Å². The van der Waals surface area contributed by atoms with E-state index in [9.17, 15) is 24.6 Å². The lowest BCUT2D eigenvalue weighted by molar-refractivity contribution is -0.147. The third-order valence-corrected chi connectivity index (χ3v) is 5.33. The summed E-state index contributed by atoms with van der Waals surface area (Å²) in [4.78, 5) is 36.2. The number of allylic oxidation sites excluding steroid dienone is 3. The molecule has 6 heteroatoms. The molecule has 1 amide bonds. The maximum Gasteiger partial charge on any atom is 0.307 e. The highest BCUT2D eigenvalue weighted by atomic mass is 16.4. The molecule has 1 aliphatic carbocycles. The third-order valence-electron chi connectivity index (χ3n) is 5.33. The number of hydrogen-bond acceptors (Lipinski definition) is 4. The van der Waals surface area contributed by atoms with Crippen LogP contribution in [0.25, 0.3) is 0 Å². The van der Waals surface area contributed by atoms with Gasteiger partial charge in [0.05, 0.1) is 17.9 Å². The number of carbonyl (C=O) groups is 3. The molecule has 0 aromatic rings. The number of primary amides is 1. The van der Waals surface area contributed by atoms with E-state index in [1.54, 1.807) is 12.2 Å². The standard InChI is InChI=1S/C21H33NO5/c1-3-5-7-9-14(23)11-12-15-17(20(22)25)13-18(24)19(15)16(21(26)27)10-8-6-4-2/h4,6,11-12,14-17,19,23H,3,5,7-10,13H2,1-2H3,(H2,22,25)(H,26,27)/b6-4+,12-11+. The summed E-state index contributed by atoms with van der Waals surface area (Å²) < 4.78 is 0. The van der Waals surface area contributed by atoms with E-state index in [0.717, 1.165) is 19.3 Å². The summed E-state index contributed by atoms with van der Waals surface area (Å²) in [6.07, 6.45) is 10.7. The van der Waals surface area contributed by atoms with Crippen molar-refractivity contribution in [3.8, 4) is 0 Å². The van der Waals surface area contributed by atoms with Crippen LogP contribution < -0.4 is 5.73 Å². The zero-order valence-electron chi connectivity index (χ0n) is 16.3. The third kappa shape index (κ3) is 6.94. The SMILES string of the molecule is C/C=C/CCC(C(=O)O)C1C(=O)CC(C(N)=O)C1/C=C/C(O)CCCCC. The van der Waals surface area contributed by atoms with Crippen molar-refractivity contribution in [2.45, 2.75) is 64.9 Å². The smallest absolute Gasteiger partial charge is 0.307 e. The molecule has 0 radical (unpaired) electrons. The van der Waals surface area contributed by atoms with Crippen LogP contribution in [0, 0.1) is 23.7 Å². The van der Waals surface area contributed by atoms with E-state index in [0.29, 0.717) is 19.3 Å². The molecule has 6 nitrogen and oxygen atoms in total. The predicted octanol–water partition coefficient (Wildman–Crippen LogP) is 2.85. The fraction of sp³-hybridized carbons (Fsp3) is 0.667. The lowest BCUT2D eigenvalue weighted by Gasteiger charge is -2.24. The molecule has 27 heavy (non-hydrogen) atoms. The average molecular weight is 379 g/mol. The first-order valence-corrected chi connectivity index (χ1v) is 9.85. The van der Waals surface area contributed by atoms with E-state index in [2.05, 4.69) is 6.92 Å². The first kappa shape index (κ1) is 23.1. The number of rotatable bonds is 12. The van der Waals surface area contributed by atoms with Gasteiger partial charge in [-0.15, -0.1) is 0 Å². The molecule has 0 bridgehead atoms. The number of carboxylic acid groups (broad SMARTS) is 1. The van der Waals surface area contributed by atoms with Crippen LogP contribution in [-0.2, 0) is 14.4 Å². The largest absolute Gasteiger partial charge is 0.481 e. The van der Waals surface area contributed by atoms with E-state index in [4.69, 9.17) is 5.73 Å². The van der Waals surface area contributed by atoms with Gasteiger partial charge in [-0.25, -0.2) is 0 Å². The number of ketones is 1. The molecule has 152 valence electrons. The van der Waals surface area contributed by atoms with Gasteiger partial charge in [0, 0.05) is 12.3 Å². The highest BCUT2D eigenvalue weighted by molar-refractivity contribution is 5.94. The zero-order chi connectivity index (χ0) is 20.4. The summed E-state index contributed by atoms with van der Waals surface area (Å²) in [5.41, 5.74) is 5.47. The van der Waals surface area contributed by atoms with Crippen LogP contribution in [0.15, 0.2) is 24.3 Å². The Hall–Kier alpha value is -1.95. The molecule has 1 rings (SSSR count). The Kier molecular flexibility index (Phi) is 10.0. The second-order valence-electron chi connectivity index (χ2n) is 7.32. The first-order valence-electron chi connectivity index (χ1n) is 9.85. The number of aliphatic hydroxyl groups is 1. The van der Waals surface area contributed by atoms with Crippen molar-refractivity contribution in [3.63, 3.8) is 0 Å². The normalized spacial score (nSPS) is 25.3. The van der Waals surface area contributed by atoms with E-state index in [1.807, 2.05) is 19.1 Å². The Morgan fingerprint density at radius 1 is 1.30 bits per heavy atom. The molecule has 5 atom stereocenters. The molecule has 5 unspecified atom stereocenters. The Morgan fingerprint density at radius 3 is 2.56 bits per heavy atom.